The first-order chi connectivity index (χ1) is 13.7. The highest BCUT2D eigenvalue weighted by Gasteiger charge is 2.06. The molecule has 7 heteroatoms. The Morgan fingerprint density at radius 1 is 1.04 bits per heavy atom. The zero-order valence-electron chi connectivity index (χ0n) is 16.0. The van der Waals surface area contributed by atoms with Gasteiger partial charge in [0.15, 0.2) is 11.5 Å². The molecule has 3 rings (SSSR count). The van der Waals surface area contributed by atoms with E-state index in [2.05, 4.69) is 15.7 Å². The highest BCUT2D eigenvalue weighted by Crippen LogP contribution is 2.27. The molecule has 0 radical (unpaired) electrons. The van der Waals surface area contributed by atoms with Crippen LogP contribution in [-0.2, 0) is 13.0 Å². The standard InChI is InChI=1S/C21H24N4O3/c1-27-19-9-6-16(14-20(19)28-2)10-12-22-21(26)24-18-7-4-17(5-8-18)15-25-13-3-11-23-25/h3-9,11,13-14H,10,12,15H2,1-2H3,(H2,22,24,26). The average molecular weight is 380 g/mol. The predicted octanol–water partition coefficient (Wildman–Crippen LogP) is 3.31. The lowest BCUT2D eigenvalue weighted by atomic mass is 10.1. The van der Waals surface area contributed by atoms with Gasteiger partial charge in [0.1, 0.15) is 0 Å². The van der Waals surface area contributed by atoms with E-state index in [4.69, 9.17) is 9.47 Å². The largest absolute Gasteiger partial charge is 0.493 e. The number of ether oxygens (including phenoxy) is 2. The summed E-state index contributed by atoms with van der Waals surface area (Å²) in [5.74, 6) is 1.37. The van der Waals surface area contributed by atoms with Gasteiger partial charge in [-0.15, -0.1) is 0 Å². The number of rotatable bonds is 8. The Labute approximate surface area is 164 Å². The van der Waals surface area contributed by atoms with E-state index in [1.165, 1.54) is 0 Å². The molecule has 0 unspecified atom stereocenters. The summed E-state index contributed by atoms with van der Waals surface area (Å²) in [7, 11) is 3.21. The molecular weight excluding hydrogens is 356 g/mol. The van der Waals surface area contributed by atoms with Gasteiger partial charge < -0.3 is 20.1 Å². The van der Waals surface area contributed by atoms with Crippen LogP contribution in [0.3, 0.4) is 0 Å². The fraction of sp³-hybridized carbons (Fsp3) is 0.238. The molecule has 1 aromatic heterocycles. The maximum absolute atomic E-state index is 12.1. The Bertz CT molecular complexity index is 893. The third-order valence-corrected chi connectivity index (χ3v) is 4.26. The van der Waals surface area contributed by atoms with Gasteiger partial charge in [-0.1, -0.05) is 18.2 Å². The van der Waals surface area contributed by atoms with Crippen LogP contribution in [0.4, 0.5) is 10.5 Å². The van der Waals surface area contributed by atoms with Crippen LogP contribution in [0.25, 0.3) is 0 Å². The molecule has 0 bridgehead atoms. The van der Waals surface area contributed by atoms with Gasteiger partial charge in [0, 0.05) is 24.6 Å². The van der Waals surface area contributed by atoms with Crippen molar-refractivity contribution in [1.82, 2.24) is 15.1 Å². The minimum absolute atomic E-state index is 0.236. The van der Waals surface area contributed by atoms with Crippen molar-refractivity contribution in [3.05, 3.63) is 72.1 Å². The molecule has 3 aromatic rings. The Morgan fingerprint density at radius 2 is 1.79 bits per heavy atom. The van der Waals surface area contributed by atoms with E-state index < -0.39 is 0 Å². The predicted molar refractivity (Wildman–Crippen MR) is 108 cm³/mol. The van der Waals surface area contributed by atoms with Gasteiger partial charge in [-0.25, -0.2) is 4.79 Å². The van der Waals surface area contributed by atoms with Crippen molar-refractivity contribution in [3.8, 4) is 11.5 Å². The average Bonchev–Trinajstić information content (AvgIpc) is 3.22. The lowest BCUT2D eigenvalue weighted by molar-refractivity contribution is 0.252. The van der Waals surface area contributed by atoms with Crippen LogP contribution in [-0.4, -0.2) is 36.6 Å². The van der Waals surface area contributed by atoms with Crippen molar-refractivity contribution in [2.75, 3.05) is 26.1 Å². The number of carbonyl (C=O) groups excluding carboxylic acids is 1. The second-order valence-electron chi connectivity index (χ2n) is 6.22. The van der Waals surface area contributed by atoms with Gasteiger partial charge in [-0.3, -0.25) is 4.68 Å². The molecule has 28 heavy (non-hydrogen) atoms. The number of urea groups is 1. The Balaban J connectivity index is 1.45. The number of methoxy groups -OCH3 is 2. The van der Waals surface area contributed by atoms with Crippen molar-refractivity contribution < 1.29 is 14.3 Å². The molecule has 1 heterocycles. The number of carbonyl (C=O) groups is 1. The van der Waals surface area contributed by atoms with Crippen molar-refractivity contribution in [2.45, 2.75) is 13.0 Å². The number of aromatic nitrogens is 2. The second-order valence-corrected chi connectivity index (χ2v) is 6.22. The summed E-state index contributed by atoms with van der Waals surface area (Å²) in [5, 5.41) is 9.88. The van der Waals surface area contributed by atoms with Crippen LogP contribution in [0.2, 0.25) is 0 Å². The SMILES string of the molecule is COc1ccc(CCNC(=O)Nc2ccc(Cn3cccn3)cc2)cc1OC. The third kappa shape index (κ3) is 5.26. The van der Waals surface area contributed by atoms with Gasteiger partial charge >= 0.3 is 6.03 Å². The first-order valence-corrected chi connectivity index (χ1v) is 9.00. The van der Waals surface area contributed by atoms with Gasteiger partial charge in [0.25, 0.3) is 0 Å². The highest BCUT2D eigenvalue weighted by molar-refractivity contribution is 5.89. The minimum Gasteiger partial charge on any atom is -0.493 e. The monoisotopic (exact) mass is 380 g/mol. The summed E-state index contributed by atoms with van der Waals surface area (Å²) >= 11 is 0. The quantitative estimate of drug-likeness (QED) is 0.629. The van der Waals surface area contributed by atoms with Crippen molar-refractivity contribution in [2.24, 2.45) is 0 Å². The smallest absolute Gasteiger partial charge is 0.319 e. The third-order valence-electron chi connectivity index (χ3n) is 4.26. The molecule has 0 aliphatic heterocycles. The summed E-state index contributed by atoms with van der Waals surface area (Å²) in [6.45, 7) is 1.21. The lowest BCUT2D eigenvalue weighted by Gasteiger charge is -2.11. The van der Waals surface area contributed by atoms with Gasteiger partial charge in [0.2, 0.25) is 0 Å². The van der Waals surface area contributed by atoms with Crippen molar-refractivity contribution in [1.29, 1.82) is 0 Å². The number of hydrogen-bond acceptors (Lipinski definition) is 4. The summed E-state index contributed by atoms with van der Waals surface area (Å²) < 4.78 is 12.4. The van der Waals surface area contributed by atoms with Crippen LogP contribution in [0.1, 0.15) is 11.1 Å². The van der Waals surface area contributed by atoms with Gasteiger partial charge in [-0.05, 0) is 47.9 Å². The first kappa shape index (κ1) is 19.3. The molecule has 0 aliphatic carbocycles. The fourth-order valence-electron chi connectivity index (χ4n) is 2.81. The van der Waals surface area contributed by atoms with Crippen molar-refractivity contribution >= 4 is 11.7 Å². The number of amides is 2. The Kier molecular flexibility index (Phi) is 6.51. The maximum atomic E-state index is 12.1. The zero-order valence-corrected chi connectivity index (χ0v) is 16.0. The van der Waals surface area contributed by atoms with E-state index >= 15 is 0 Å². The summed E-state index contributed by atoms with van der Waals surface area (Å²) in [6, 6.07) is 15.1. The Morgan fingerprint density at radius 3 is 2.46 bits per heavy atom. The number of benzene rings is 2. The van der Waals surface area contributed by atoms with E-state index in [0.717, 1.165) is 16.8 Å². The second kappa shape index (κ2) is 9.45. The molecule has 0 saturated carbocycles. The van der Waals surface area contributed by atoms with E-state index in [1.54, 1.807) is 20.4 Å². The molecule has 2 N–H and O–H groups in total. The number of nitrogens with one attached hydrogen (secondary N) is 2. The molecule has 0 spiro atoms. The van der Waals surface area contributed by atoms with E-state index in [-0.39, 0.29) is 6.03 Å². The normalized spacial score (nSPS) is 10.4. The van der Waals surface area contributed by atoms with Crippen LogP contribution in [0.5, 0.6) is 11.5 Å². The molecule has 0 fully saturated rings. The maximum Gasteiger partial charge on any atom is 0.319 e. The van der Waals surface area contributed by atoms with Crippen molar-refractivity contribution in [3.63, 3.8) is 0 Å². The number of anilines is 1. The number of nitrogens with zero attached hydrogens (tertiary/aromatic N) is 2. The molecular formula is C21H24N4O3. The Hall–Kier alpha value is -3.48. The number of hydrogen-bond donors (Lipinski definition) is 2. The molecule has 7 nitrogen and oxygen atoms in total. The van der Waals surface area contributed by atoms with E-state index in [1.807, 2.05) is 59.4 Å². The summed E-state index contributed by atoms with van der Waals surface area (Å²) in [5.41, 5.74) is 2.91. The molecule has 0 atom stereocenters. The van der Waals surface area contributed by atoms with Gasteiger partial charge in [0.05, 0.1) is 20.8 Å². The van der Waals surface area contributed by atoms with Gasteiger partial charge in [-0.2, -0.15) is 5.10 Å². The first-order valence-electron chi connectivity index (χ1n) is 9.00. The van der Waals surface area contributed by atoms with Crippen LogP contribution in [0, 0.1) is 0 Å². The minimum atomic E-state index is -0.236. The van der Waals surface area contributed by atoms with E-state index in [0.29, 0.717) is 31.0 Å². The molecule has 146 valence electrons. The fourth-order valence-corrected chi connectivity index (χ4v) is 2.81. The lowest BCUT2D eigenvalue weighted by Crippen LogP contribution is -2.30. The van der Waals surface area contributed by atoms with Crippen LogP contribution < -0.4 is 20.1 Å². The summed E-state index contributed by atoms with van der Waals surface area (Å²) in [6.07, 6.45) is 4.36. The molecule has 2 aromatic carbocycles. The van der Waals surface area contributed by atoms with E-state index in [9.17, 15) is 4.79 Å². The van der Waals surface area contributed by atoms with Crippen LogP contribution in [0.15, 0.2) is 60.9 Å². The van der Waals surface area contributed by atoms with Crippen LogP contribution >= 0.6 is 0 Å². The zero-order chi connectivity index (χ0) is 19.8. The summed E-state index contributed by atoms with van der Waals surface area (Å²) in [4.78, 5) is 12.1. The molecule has 2 amide bonds. The molecule has 0 aliphatic rings. The highest BCUT2D eigenvalue weighted by atomic mass is 16.5. The molecule has 0 saturated heterocycles. The topological polar surface area (TPSA) is 77.4 Å².